The molecular formula is C46H28O4. The molecule has 50 heavy (non-hydrogen) atoms. The molecule has 236 valence electrons. The lowest BCUT2D eigenvalue weighted by Crippen LogP contribution is -1.86. The second-order valence-electron chi connectivity index (χ2n) is 13.3. The number of hydrogen-bond donors (Lipinski definition) is 0. The van der Waals surface area contributed by atoms with E-state index >= 15 is 0 Å². The van der Waals surface area contributed by atoms with Gasteiger partial charge in [-0.05, 0) is 111 Å². The molecular weight excluding hydrogens is 617 g/mol. The fourth-order valence-corrected chi connectivity index (χ4v) is 8.01. The van der Waals surface area contributed by atoms with Crippen molar-refractivity contribution in [2.45, 2.75) is 6.92 Å². The van der Waals surface area contributed by atoms with Crippen LogP contribution in [-0.4, -0.2) is 7.11 Å². The average molecular weight is 645 g/mol. The summed E-state index contributed by atoms with van der Waals surface area (Å²) >= 11 is 0. The normalized spacial score (nSPS) is 12.2. The minimum Gasteiger partial charge on any atom is -0.497 e. The van der Waals surface area contributed by atoms with E-state index in [1.54, 1.807) is 7.11 Å². The SMILES string of the molecule is COc1ccc(-c2cc3oc4cc(-c5ccc(C)cc5)c5cc6oc7ccccc7c6cc5c4c3c3cc4c(cc23)oc2ccccc24)cc1. The lowest BCUT2D eigenvalue weighted by Gasteiger charge is -2.11. The van der Waals surface area contributed by atoms with Crippen LogP contribution in [-0.2, 0) is 0 Å². The number of benzene rings is 8. The average Bonchev–Trinajstić information content (AvgIpc) is 3.83. The van der Waals surface area contributed by atoms with Gasteiger partial charge in [-0.25, -0.2) is 0 Å². The number of fused-ring (bicyclic) bond motifs is 13. The Balaban J connectivity index is 1.35. The first kappa shape index (κ1) is 27.4. The van der Waals surface area contributed by atoms with Crippen LogP contribution in [0.3, 0.4) is 0 Å². The molecule has 8 aromatic carbocycles. The van der Waals surface area contributed by atoms with E-state index in [9.17, 15) is 0 Å². The molecule has 0 bridgehead atoms. The molecule has 0 atom stereocenters. The van der Waals surface area contributed by atoms with Gasteiger partial charge in [-0.2, -0.15) is 0 Å². The maximum atomic E-state index is 6.95. The molecule has 0 aliphatic carbocycles. The monoisotopic (exact) mass is 644 g/mol. The molecule has 0 aliphatic heterocycles. The Labute approximate surface area is 285 Å². The van der Waals surface area contributed by atoms with Gasteiger partial charge in [0, 0.05) is 32.3 Å². The van der Waals surface area contributed by atoms with Crippen LogP contribution in [0.15, 0.2) is 147 Å². The van der Waals surface area contributed by atoms with Crippen molar-refractivity contribution in [3.05, 3.63) is 139 Å². The van der Waals surface area contributed by atoms with Crippen molar-refractivity contribution in [3.63, 3.8) is 0 Å². The van der Waals surface area contributed by atoms with Gasteiger partial charge in [0.2, 0.25) is 0 Å². The summed E-state index contributed by atoms with van der Waals surface area (Å²) in [5.41, 5.74) is 10.8. The predicted molar refractivity (Wildman–Crippen MR) is 205 cm³/mol. The van der Waals surface area contributed by atoms with Crippen molar-refractivity contribution in [1.29, 1.82) is 0 Å². The highest BCUT2D eigenvalue weighted by molar-refractivity contribution is 6.32. The lowest BCUT2D eigenvalue weighted by atomic mass is 9.90. The number of rotatable bonds is 3. The quantitative estimate of drug-likeness (QED) is 0.192. The Kier molecular flexibility index (Phi) is 5.49. The van der Waals surface area contributed by atoms with E-state index in [1.165, 1.54) is 5.56 Å². The largest absolute Gasteiger partial charge is 0.497 e. The van der Waals surface area contributed by atoms with Gasteiger partial charge < -0.3 is 18.0 Å². The smallest absolute Gasteiger partial charge is 0.136 e. The number of para-hydroxylation sites is 2. The number of aryl methyl sites for hydroxylation is 1. The van der Waals surface area contributed by atoms with Gasteiger partial charge in [-0.1, -0.05) is 78.4 Å². The lowest BCUT2D eigenvalue weighted by molar-refractivity contribution is 0.415. The van der Waals surface area contributed by atoms with Gasteiger partial charge in [-0.3, -0.25) is 0 Å². The summed E-state index contributed by atoms with van der Waals surface area (Å²) in [6.07, 6.45) is 0. The summed E-state index contributed by atoms with van der Waals surface area (Å²) < 4.78 is 25.3. The Hall–Kier alpha value is -6.52. The van der Waals surface area contributed by atoms with Gasteiger partial charge >= 0.3 is 0 Å². The van der Waals surface area contributed by atoms with Crippen LogP contribution in [0.5, 0.6) is 5.75 Å². The van der Waals surface area contributed by atoms with Crippen LogP contribution in [0.1, 0.15) is 5.56 Å². The molecule has 11 aromatic rings. The molecule has 0 radical (unpaired) electrons. The first-order valence-electron chi connectivity index (χ1n) is 16.8. The van der Waals surface area contributed by atoms with Crippen LogP contribution in [0.4, 0.5) is 0 Å². The van der Waals surface area contributed by atoms with E-state index in [0.29, 0.717) is 0 Å². The third kappa shape index (κ3) is 3.81. The van der Waals surface area contributed by atoms with Crippen LogP contribution < -0.4 is 4.74 Å². The highest BCUT2D eigenvalue weighted by atomic mass is 16.5. The highest BCUT2D eigenvalue weighted by Crippen LogP contribution is 2.48. The summed E-state index contributed by atoms with van der Waals surface area (Å²) in [6.45, 7) is 2.12. The number of furan rings is 3. The van der Waals surface area contributed by atoms with E-state index in [2.05, 4.69) is 104 Å². The molecule has 4 nitrogen and oxygen atoms in total. The minimum absolute atomic E-state index is 0.815. The van der Waals surface area contributed by atoms with E-state index in [4.69, 9.17) is 18.0 Å². The molecule has 0 spiro atoms. The topological polar surface area (TPSA) is 48.7 Å². The molecule has 11 rings (SSSR count). The summed E-state index contributed by atoms with van der Waals surface area (Å²) in [6, 6.07) is 46.9. The van der Waals surface area contributed by atoms with E-state index < -0.39 is 0 Å². The van der Waals surface area contributed by atoms with E-state index in [1.807, 2.05) is 36.4 Å². The molecule has 0 aliphatic rings. The summed E-state index contributed by atoms with van der Waals surface area (Å²) in [4.78, 5) is 0. The molecule has 4 heteroatoms. The fourth-order valence-electron chi connectivity index (χ4n) is 8.01. The zero-order chi connectivity index (χ0) is 33.1. The van der Waals surface area contributed by atoms with Gasteiger partial charge in [-0.15, -0.1) is 0 Å². The van der Waals surface area contributed by atoms with Crippen LogP contribution in [0, 0.1) is 6.92 Å². The standard InChI is InChI=1S/C46H28O4/c1-25-11-13-26(14-12-25)31-21-43-45(37-19-35-29-7-3-5-9-39(29)48-41(35)23-33(31)37)46-38-20-36-30-8-4-6-10-40(30)49-42(36)24-34(38)32(22-44(46)50-43)27-15-17-28(47-2)18-16-27/h3-24H,1-2H3. The Morgan fingerprint density at radius 1 is 0.380 bits per heavy atom. The molecule has 0 fully saturated rings. The second-order valence-corrected chi connectivity index (χ2v) is 13.3. The molecule has 0 amide bonds. The van der Waals surface area contributed by atoms with Crippen molar-refractivity contribution in [3.8, 4) is 28.0 Å². The van der Waals surface area contributed by atoms with Crippen molar-refractivity contribution < 1.29 is 18.0 Å². The van der Waals surface area contributed by atoms with Crippen molar-refractivity contribution in [2.24, 2.45) is 0 Å². The Bertz CT molecular complexity index is 3170. The molecule has 0 saturated carbocycles. The third-order valence-electron chi connectivity index (χ3n) is 10.4. The molecule has 0 unspecified atom stereocenters. The third-order valence-corrected chi connectivity index (χ3v) is 10.4. The molecule has 3 aromatic heterocycles. The fraction of sp³-hybridized carbons (Fsp3) is 0.0435. The van der Waals surface area contributed by atoms with Gasteiger partial charge in [0.25, 0.3) is 0 Å². The zero-order valence-corrected chi connectivity index (χ0v) is 27.3. The van der Waals surface area contributed by atoms with Crippen molar-refractivity contribution in [2.75, 3.05) is 7.11 Å². The van der Waals surface area contributed by atoms with Gasteiger partial charge in [0.1, 0.15) is 39.2 Å². The van der Waals surface area contributed by atoms with Crippen molar-refractivity contribution in [1.82, 2.24) is 0 Å². The first-order valence-corrected chi connectivity index (χ1v) is 16.8. The minimum atomic E-state index is 0.815. The number of ether oxygens (including phenoxy) is 1. The van der Waals surface area contributed by atoms with Crippen molar-refractivity contribution >= 4 is 87.4 Å². The molecule has 0 N–H and O–H groups in total. The highest BCUT2D eigenvalue weighted by Gasteiger charge is 2.22. The predicted octanol–water partition coefficient (Wildman–Crippen LogP) is 13.3. The van der Waals surface area contributed by atoms with Crippen LogP contribution in [0.25, 0.3) is 110 Å². The van der Waals surface area contributed by atoms with Crippen LogP contribution in [0.2, 0.25) is 0 Å². The first-order chi connectivity index (χ1) is 24.6. The Morgan fingerprint density at radius 2 is 0.840 bits per heavy atom. The summed E-state index contributed by atoms with van der Waals surface area (Å²) in [7, 11) is 1.69. The van der Waals surface area contributed by atoms with Gasteiger partial charge in [0.05, 0.1) is 7.11 Å². The number of hydrogen-bond acceptors (Lipinski definition) is 4. The van der Waals surface area contributed by atoms with Crippen LogP contribution >= 0.6 is 0 Å². The van der Waals surface area contributed by atoms with Gasteiger partial charge in [0.15, 0.2) is 0 Å². The maximum Gasteiger partial charge on any atom is 0.136 e. The zero-order valence-electron chi connectivity index (χ0n) is 27.3. The Morgan fingerprint density at radius 3 is 1.34 bits per heavy atom. The summed E-state index contributed by atoms with van der Waals surface area (Å²) in [5, 5.41) is 11.0. The number of methoxy groups -OCH3 is 1. The maximum absolute atomic E-state index is 6.95. The van der Waals surface area contributed by atoms with E-state index in [0.717, 1.165) is 115 Å². The molecule has 0 saturated heterocycles. The molecule has 3 heterocycles. The van der Waals surface area contributed by atoms with E-state index in [-0.39, 0.29) is 0 Å². The summed E-state index contributed by atoms with van der Waals surface area (Å²) in [5.74, 6) is 0.815. The second kappa shape index (κ2) is 10.0.